The second-order valence-electron chi connectivity index (χ2n) is 5.30. The van der Waals surface area contributed by atoms with E-state index in [4.69, 9.17) is 4.74 Å². The summed E-state index contributed by atoms with van der Waals surface area (Å²) in [5.74, 6) is 1.64. The molecule has 0 N–H and O–H groups in total. The van der Waals surface area contributed by atoms with Crippen LogP contribution in [0.5, 0.6) is 5.75 Å². The van der Waals surface area contributed by atoms with Gasteiger partial charge in [-0.15, -0.1) is 0 Å². The van der Waals surface area contributed by atoms with Gasteiger partial charge in [0.15, 0.2) is 0 Å². The van der Waals surface area contributed by atoms with Crippen molar-refractivity contribution in [1.29, 1.82) is 0 Å². The van der Waals surface area contributed by atoms with Crippen LogP contribution in [0.1, 0.15) is 33.3 Å². The first kappa shape index (κ1) is 13.9. The zero-order valence-corrected chi connectivity index (χ0v) is 11.9. The Morgan fingerprint density at radius 3 is 2.29 bits per heavy atom. The summed E-state index contributed by atoms with van der Waals surface area (Å²) in [4.78, 5) is 2.28. The van der Waals surface area contributed by atoms with Crippen molar-refractivity contribution >= 4 is 5.69 Å². The van der Waals surface area contributed by atoms with Crippen LogP contribution in [0.4, 0.5) is 5.69 Å². The molecule has 1 aromatic carbocycles. The summed E-state index contributed by atoms with van der Waals surface area (Å²) in [5, 5.41) is 0. The minimum atomic E-state index is 0.510. The van der Waals surface area contributed by atoms with Gasteiger partial charge in [-0.05, 0) is 49.9 Å². The third-order valence-corrected chi connectivity index (χ3v) is 3.07. The fourth-order valence-corrected chi connectivity index (χ4v) is 1.88. The first-order chi connectivity index (χ1) is 7.95. The summed E-state index contributed by atoms with van der Waals surface area (Å²) in [6, 6.07) is 6.96. The number of rotatable bonds is 5. The molecule has 0 heterocycles. The zero-order chi connectivity index (χ0) is 13.0. The van der Waals surface area contributed by atoms with E-state index in [9.17, 15) is 0 Å². The number of hydrogen-bond donors (Lipinski definition) is 0. The zero-order valence-electron chi connectivity index (χ0n) is 11.9. The normalized spacial score (nSPS) is 11.1. The molecule has 17 heavy (non-hydrogen) atoms. The lowest BCUT2D eigenvalue weighted by Gasteiger charge is -2.25. The minimum absolute atomic E-state index is 0.510. The highest BCUT2D eigenvalue weighted by Crippen LogP contribution is 2.27. The molecule has 0 aromatic heterocycles. The Balaban J connectivity index is 3.03. The highest BCUT2D eigenvalue weighted by molar-refractivity contribution is 5.53. The van der Waals surface area contributed by atoms with Crippen LogP contribution in [0, 0.1) is 5.92 Å². The van der Waals surface area contributed by atoms with E-state index in [-0.39, 0.29) is 0 Å². The first-order valence-corrected chi connectivity index (χ1v) is 6.35. The molecule has 1 aromatic rings. The summed E-state index contributed by atoms with van der Waals surface area (Å²) >= 11 is 0. The number of benzene rings is 1. The van der Waals surface area contributed by atoms with Gasteiger partial charge in [0.1, 0.15) is 5.75 Å². The maximum absolute atomic E-state index is 5.42. The molecule has 0 fully saturated rings. The molecule has 0 spiro atoms. The van der Waals surface area contributed by atoms with E-state index in [0.717, 1.165) is 12.2 Å². The van der Waals surface area contributed by atoms with Crippen molar-refractivity contribution in [1.82, 2.24) is 0 Å². The summed E-state index contributed by atoms with van der Waals surface area (Å²) in [7, 11) is 3.87. The van der Waals surface area contributed by atoms with Crippen molar-refractivity contribution in [3.8, 4) is 5.75 Å². The molecule has 0 aliphatic carbocycles. The predicted molar refractivity (Wildman–Crippen MR) is 75.1 cm³/mol. The van der Waals surface area contributed by atoms with Crippen LogP contribution in [0.3, 0.4) is 0 Å². The van der Waals surface area contributed by atoms with Crippen LogP contribution in [0.15, 0.2) is 18.2 Å². The summed E-state index contributed by atoms with van der Waals surface area (Å²) in [6.07, 6.45) is 1.06. The Labute approximate surface area is 106 Å². The van der Waals surface area contributed by atoms with Crippen molar-refractivity contribution in [2.75, 3.05) is 19.1 Å². The summed E-state index contributed by atoms with van der Waals surface area (Å²) in [5.41, 5.74) is 2.56. The summed E-state index contributed by atoms with van der Waals surface area (Å²) < 4.78 is 5.42. The predicted octanol–water partition coefficient (Wildman–Crippen LogP) is 3.74. The third-order valence-electron chi connectivity index (χ3n) is 3.07. The Hall–Kier alpha value is -1.18. The van der Waals surface area contributed by atoms with Crippen LogP contribution in [0.2, 0.25) is 0 Å². The molecule has 96 valence electrons. The maximum atomic E-state index is 5.42. The lowest BCUT2D eigenvalue weighted by Crippen LogP contribution is -2.25. The molecule has 2 heteroatoms. The van der Waals surface area contributed by atoms with Crippen LogP contribution < -0.4 is 9.64 Å². The highest BCUT2D eigenvalue weighted by atomic mass is 16.5. The van der Waals surface area contributed by atoms with E-state index in [0.29, 0.717) is 12.0 Å². The molecule has 0 radical (unpaired) electrons. The molecule has 2 nitrogen and oxygen atoms in total. The van der Waals surface area contributed by atoms with E-state index in [2.05, 4.69) is 57.8 Å². The number of anilines is 1. The van der Waals surface area contributed by atoms with E-state index in [1.54, 1.807) is 7.11 Å². The van der Waals surface area contributed by atoms with Gasteiger partial charge in [0.05, 0.1) is 7.11 Å². The van der Waals surface area contributed by atoms with Crippen LogP contribution in [-0.4, -0.2) is 20.2 Å². The molecule has 0 saturated heterocycles. The number of hydrogen-bond acceptors (Lipinski definition) is 2. The van der Waals surface area contributed by atoms with Gasteiger partial charge in [-0.1, -0.05) is 13.8 Å². The van der Waals surface area contributed by atoms with E-state index < -0.39 is 0 Å². The van der Waals surface area contributed by atoms with Crippen LogP contribution in [-0.2, 0) is 6.42 Å². The average Bonchev–Trinajstić information content (AvgIpc) is 2.27. The fraction of sp³-hybridized carbons (Fsp3) is 0.600. The Kier molecular flexibility index (Phi) is 4.86. The largest absolute Gasteiger partial charge is 0.496 e. The van der Waals surface area contributed by atoms with Crippen molar-refractivity contribution in [2.45, 2.75) is 40.2 Å². The first-order valence-electron chi connectivity index (χ1n) is 6.35. The Morgan fingerprint density at radius 2 is 1.82 bits per heavy atom. The average molecular weight is 235 g/mol. The second kappa shape index (κ2) is 5.95. The Morgan fingerprint density at radius 1 is 1.18 bits per heavy atom. The van der Waals surface area contributed by atoms with Gasteiger partial charge < -0.3 is 9.64 Å². The second-order valence-corrected chi connectivity index (χ2v) is 5.30. The highest BCUT2D eigenvalue weighted by Gasteiger charge is 2.10. The van der Waals surface area contributed by atoms with Crippen LogP contribution >= 0.6 is 0 Å². The minimum Gasteiger partial charge on any atom is -0.496 e. The molecule has 0 bridgehead atoms. The lowest BCUT2D eigenvalue weighted by molar-refractivity contribution is 0.406. The third kappa shape index (κ3) is 3.65. The lowest BCUT2D eigenvalue weighted by atomic mass is 10.0. The van der Waals surface area contributed by atoms with Crippen molar-refractivity contribution in [3.63, 3.8) is 0 Å². The van der Waals surface area contributed by atoms with E-state index in [1.165, 1.54) is 11.3 Å². The molecule has 1 rings (SSSR count). The van der Waals surface area contributed by atoms with Crippen molar-refractivity contribution in [3.05, 3.63) is 23.8 Å². The molecule has 0 aliphatic rings. The van der Waals surface area contributed by atoms with Gasteiger partial charge in [-0.25, -0.2) is 0 Å². The maximum Gasteiger partial charge on any atom is 0.122 e. The molecule has 0 atom stereocenters. The molecular formula is C15H25NO. The molecule has 0 aliphatic heterocycles. The SMILES string of the molecule is COc1ccc(N(C)C(C)C)cc1CC(C)C. The molecule has 0 amide bonds. The number of ether oxygens (including phenoxy) is 1. The standard InChI is InChI=1S/C15H25NO/c1-11(2)9-13-10-14(16(5)12(3)4)7-8-15(13)17-6/h7-8,10-12H,9H2,1-6H3. The van der Waals surface area contributed by atoms with E-state index in [1.807, 2.05) is 0 Å². The smallest absolute Gasteiger partial charge is 0.122 e. The van der Waals surface area contributed by atoms with Gasteiger partial charge >= 0.3 is 0 Å². The van der Waals surface area contributed by atoms with Crippen molar-refractivity contribution < 1.29 is 4.74 Å². The topological polar surface area (TPSA) is 12.5 Å². The summed E-state index contributed by atoms with van der Waals surface area (Å²) in [6.45, 7) is 8.87. The van der Waals surface area contributed by atoms with Gasteiger partial charge in [0.25, 0.3) is 0 Å². The molecule has 0 unspecified atom stereocenters. The molecular weight excluding hydrogens is 210 g/mol. The Bertz CT molecular complexity index is 358. The van der Waals surface area contributed by atoms with Gasteiger partial charge in [0, 0.05) is 18.8 Å². The van der Waals surface area contributed by atoms with Gasteiger partial charge in [0.2, 0.25) is 0 Å². The van der Waals surface area contributed by atoms with Gasteiger partial charge in [-0.3, -0.25) is 0 Å². The number of nitrogens with zero attached hydrogens (tertiary/aromatic N) is 1. The number of methoxy groups -OCH3 is 1. The monoisotopic (exact) mass is 235 g/mol. The van der Waals surface area contributed by atoms with E-state index >= 15 is 0 Å². The van der Waals surface area contributed by atoms with Crippen molar-refractivity contribution in [2.24, 2.45) is 5.92 Å². The molecule has 0 saturated carbocycles. The van der Waals surface area contributed by atoms with Gasteiger partial charge in [-0.2, -0.15) is 0 Å². The van der Waals surface area contributed by atoms with Crippen LogP contribution in [0.25, 0.3) is 0 Å². The fourth-order valence-electron chi connectivity index (χ4n) is 1.88. The quantitative estimate of drug-likeness (QED) is 0.771.